The van der Waals surface area contributed by atoms with Gasteiger partial charge in [-0.15, -0.1) is 0 Å². The molecule has 0 bridgehead atoms. The Labute approximate surface area is 194 Å². The maximum atomic E-state index is 12.9. The Hall–Kier alpha value is -3.45. The summed E-state index contributed by atoms with van der Waals surface area (Å²) in [6.07, 6.45) is -0.850. The first-order valence-corrected chi connectivity index (χ1v) is 11.3. The number of para-hydroxylation sites is 1. The summed E-state index contributed by atoms with van der Waals surface area (Å²) in [4.78, 5) is 30.0. The van der Waals surface area contributed by atoms with Crippen molar-refractivity contribution in [1.82, 2.24) is 19.6 Å². The Morgan fingerprint density at radius 3 is 2.18 bits per heavy atom. The van der Waals surface area contributed by atoms with Gasteiger partial charge in [0.25, 0.3) is 5.91 Å². The summed E-state index contributed by atoms with van der Waals surface area (Å²) in [5.74, 6) is -0.677. The molecule has 1 aliphatic heterocycles. The summed E-state index contributed by atoms with van der Waals surface area (Å²) in [6.45, 7) is 8.96. The average Bonchev–Trinajstić information content (AvgIpc) is 3.14. The lowest BCUT2D eigenvalue weighted by atomic mass is 10.2. The molecule has 7 nitrogen and oxygen atoms in total. The van der Waals surface area contributed by atoms with Gasteiger partial charge in [0.2, 0.25) is 0 Å². The van der Waals surface area contributed by atoms with Crippen molar-refractivity contribution in [3.8, 4) is 5.69 Å². The highest BCUT2D eigenvalue weighted by atomic mass is 16.5. The molecule has 1 saturated heterocycles. The van der Waals surface area contributed by atoms with Gasteiger partial charge in [-0.2, -0.15) is 5.10 Å². The van der Waals surface area contributed by atoms with E-state index in [0.29, 0.717) is 30.0 Å². The Kier molecular flexibility index (Phi) is 6.89. The van der Waals surface area contributed by atoms with Gasteiger partial charge in [0.1, 0.15) is 5.56 Å². The van der Waals surface area contributed by atoms with Gasteiger partial charge in [0.15, 0.2) is 6.10 Å². The number of nitrogens with zero attached hydrogens (tertiary/aromatic N) is 4. The maximum Gasteiger partial charge on any atom is 0.342 e. The molecule has 2 aromatic carbocycles. The lowest BCUT2D eigenvalue weighted by molar-refractivity contribution is -0.141. The van der Waals surface area contributed by atoms with Crippen molar-refractivity contribution >= 4 is 11.9 Å². The van der Waals surface area contributed by atoms with E-state index in [9.17, 15) is 9.59 Å². The summed E-state index contributed by atoms with van der Waals surface area (Å²) >= 11 is 0. The third-order valence-electron chi connectivity index (χ3n) is 6.06. The van der Waals surface area contributed by atoms with E-state index in [1.54, 1.807) is 23.4 Å². The fourth-order valence-corrected chi connectivity index (χ4v) is 4.25. The summed E-state index contributed by atoms with van der Waals surface area (Å²) in [5.41, 5.74) is 3.82. The van der Waals surface area contributed by atoms with Gasteiger partial charge < -0.3 is 9.64 Å². The van der Waals surface area contributed by atoms with E-state index >= 15 is 0 Å². The Bertz CT molecular complexity index is 1100. The standard InChI is InChI=1S/C26H30N4O3/c1-19-24(20(2)30(27-19)23-12-8-5-9-13-23)26(32)33-21(3)25(31)29-16-14-28(15-17-29)18-22-10-6-4-7-11-22/h4-13,21H,14-18H2,1-3H3/t21-/m1/s1. The predicted molar refractivity (Wildman–Crippen MR) is 126 cm³/mol. The second-order valence-corrected chi connectivity index (χ2v) is 8.43. The van der Waals surface area contributed by atoms with Crippen LogP contribution >= 0.6 is 0 Å². The molecule has 0 aliphatic carbocycles. The van der Waals surface area contributed by atoms with Crippen LogP contribution in [0.4, 0.5) is 0 Å². The quantitative estimate of drug-likeness (QED) is 0.543. The van der Waals surface area contributed by atoms with Gasteiger partial charge in [-0.1, -0.05) is 48.5 Å². The molecule has 0 unspecified atom stereocenters. The van der Waals surface area contributed by atoms with Crippen LogP contribution in [0.15, 0.2) is 60.7 Å². The van der Waals surface area contributed by atoms with E-state index < -0.39 is 12.1 Å². The Morgan fingerprint density at radius 2 is 1.55 bits per heavy atom. The highest BCUT2D eigenvalue weighted by Crippen LogP contribution is 2.20. The summed E-state index contributed by atoms with van der Waals surface area (Å²) in [7, 11) is 0. The monoisotopic (exact) mass is 446 g/mol. The summed E-state index contributed by atoms with van der Waals surface area (Å²) in [6, 6.07) is 19.9. The van der Waals surface area contributed by atoms with Gasteiger partial charge >= 0.3 is 5.97 Å². The molecule has 1 fully saturated rings. The molecule has 4 rings (SSSR count). The fraction of sp³-hybridized carbons (Fsp3) is 0.346. The molecule has 7 heteroatoms. The van der Waals surface area contributed by atoms with Crippen LogP contribution in [-0.4, -0.2) is 63.7 Å². The number of benzene rings is 2. The molecule has 172 valence electrons. The number of ether oxygens (including phenoxy) is 1. The minimum atomic E-state index is -0.850. The molecular formula is C26H30N4O3. The van der Waals surface area contributed by atoms with Gasteiger partial charge in [-0.05, 0) is 38.5 Å². The number of hydrogen-bond donors (Lipinski definition) is 0. The first-order chi connectivity index (χ1) is 15.9. The molecule has 0 radical (unpaired) electrons. The van der Waals surface area contributed by atoms with Crippen molar-refractivity contribution in [2.24, 2.45) is 0 Å². The predicted octanol–water partition coefficient (Wildman–Crippen LogP) is 3.38. The summed E-state index contributed by atoms with van der Waals surface area (Å²) in [5, 5.41) is 4.50. The van der Waals surface area contributed by atoms with Crippen molar-refractivity contribution in [2.75, 3.05) is 26.2 Å². The number of carbonyl (C=O) groups is 2. The van der Waals surface area contributed by atoms with Crippen molar-refractivity contribution in [3.05, 3.63) is 83.2 Å². The highest BCUT2D eigenvalue weighted by Gasteiger charge is 2.29. The normalized spacial score (nSPS) is 15.3. The smallest absolute Gasteiger partial charge is 0.342 e. The van der Waals surface area contributed by atoms with Crippen LogP contribution < -0.4 is 0 Å². The maximum absolute atomic E-state index is 12.9. The Morgan fingerprint density at radius 1 is 0.939 bits per heavy atom. The lowest BCUT2D eigenvalue weighted by Gasteiger charge is -2.35. The largest absolute Gasteiger partial charge is 0.449 e. The molecule has 1 atom stereocenters. The molecule has 33 heavy (non-hydrogen) atoms. The first-order valence-electron chi connectivity index (χ1n) is 11.3. The van der Waals surface area contributed by atoms with Crippen molar-refractivity contribution in [3.63, 3.8) is 0 Å². The van der Waals surface area contributed by atoms with Crippen LogP contribution in [0.5, 0.6) is 0 Å². The van der Waals surface area contributed by atoms with Gasteiger partial charge in [-0.25, -0.2) is 9.48 Å². The second kappa shape index (κ2) is 10.0. The molecule has 0 spiro atoms. The molecule has 0 N–H and O–H groups in total. The molecule has 1 aliphatic rings. The van der Waals surface area contributed by atoms with Crippen LogP contribution in [0, 0.1) is 13.8 Å². The van der Waals surface area contributed by atoms with Gasteiger partial charge in [-0.3, -0.25) is 9.69 Å². The van der Waals surface area contributed by atoms with E-state index in [1.165, 1.54) is 5.56 Å². The third-order valence-corrected chi connectivity index (χ3v) is 6.06. The zero-order valence-electron chi connectivity index (χ0n) is 19.4. The molecular weight excluding hydrogens is 416 g/mol. The van der Waals surface area contributed by atoms with Crippen LogP contribution in [0.3, 0.4) is 0 Å². The SMILES string of the molecule is Cc1nn(-c2ccccc2)c(C)c1C(=O)O[C@H](C)C(=O)N1CCN(Cc2ccccc2)CC1. The molecule has 0 saturated carbocycles. The average molecular weight is 447 g/mol. The first kappa shape index (κ1) is 22.7. The number of hydrogen-bond acceptors (Lipinski definition) is 5. The lowest BCUT2D eigenvalue weighted by Crippen LogP contribution is -2.51. The molecule has 2 heterocycles. The zero-order chi connectivity index (χ0) is 23.4. The van der Waals surface area contributed by atoms with Crippen LogP contribution in [0.1, 0.15) is 34.2 Å². The van der Waals surface area contributed by atoms with E-state index in [4.69, 9.17) is 4.74 Å². The summed E-state index contributed by atoms with van der Waals surface area (Å²) < 4.78 is 7.31. The number of rotatable bonds is 6. The third kappa shape index (κ3) is 5.14. The Balaban J connectivity index is 1.35. The molecule has 3 aromatic rings. The van der Waals surface area contributed by atoms with Crippen molar-refractivity contribution in [2.45, 2.75) is 33.4 Å². The van der Waals surface area contributed by atoms with Crippen LogP contribution in [0.25, 0.3) is 5.69 Å². The molecule has 1 amide bonds. The second-order valence-electron chi connectivity index (χ2n) is 8.43. The van der Waals surface area contributed by atoms with E-state index in [2.05, 4.69) is 22.1 Å². The molecule has 1 aromatic heterocycles. The number of amides is 1. The van der Waals surface area contributed by atoms with E-state index in [1.807, 2.05) is 55.5 Å². The number of piperazine rings is 1. The van der Waals surface area contributed by atoms with Crippen LogP contribution in [0.2, 0.25) is 0 Å². The van der Waals surface area contributed by atoms with E-state index in [0.717, 1.165) is 25.3 Å². The topological polar surface area (TPSA) is 67.7 Å². The number of esters is 1. The van der Waals surface area contributed by atoms with Gasteiger partial charge in [0.05, 0.1) is 17.1 Å². The van der Waals surface area contributed by atoms with Crippen molar-refractivity contribution in [1.29, 1.82) is 0 Å². The number of aromatic nitrogens is 2. The minimum Gasteiger partial charge on any atom is -0.449 e. The van der Waals surface area contributed by atoms with Gasteiger partial charge in [0, 0.05) is 32.7 Å². The number of aryl methyl sites for hydroxylation is 1. The number of carbonyl (C=O) groups excluding carboxylic acids is 2. The zero-order valence-corrected chi connectivity index (χ0v) is 19.4. The fourth-order valence-electron chi connectivity index (χ4n) is 4.25. The van der Waals surface area contributed by atoms with E-state index in [-0.39, 0.29) is 5.91 Å². The van der Waals surface area contributed by atoms with Crippen LogP contribution in [-0.2, 0) is 16.1 Å². The van der Waals surface area contributed by atoms with Crippen molar-refractivity contribution < 1.29 is 14.3 Å². The minimum absolute atomic E-state index is 0.159. The highest BCUT2D eigenvalue weighted by molar-refractivity contribution is 5.94.